The highest BCUT2D eigenvalue weighted by Crippen LogP contribution is 2.24. The quantitative estimate of drug-likeness (QED) is 0.546. The van der Waals surface area contributed by atoms with Crippen molar-refractivity contribution >= 4 is 29.1 Å². The van der Waals surface area contributed by atoms with Crippen LogP contribution < -0.4 is 9.47 Å². The predicted octanol–water partition coefficient (Wildman–Crippen LogP) is 4.59. The summed E-state index contributed by atoms with van der Waals surface area (Å²) in [4.78, 5) is 14.5. The van der Waals surface area contributed by atoms with Gasteiger partial charge in [0.1, 0.15) is 18.1 Å². The average molecular weight is 434 g/mol. The molecule has 29 heavy (non-hydrogen) atoms. The number of benzene rings is 2. The van der Waals surface area contributed by atoms with Crippen molar-refractivity contribution in [1.82, 2.24) is 14.7 Å². The van der Waals surface area contributed by atoms with Gasteiger partial charge in [-0.15, -0.1) is 0 Å². The van der Waals surface area contributed by atoms with Gasteiger partial charge in [-0.2, -0.15) is 5.10 Å². The third-order valence-electron chi connectivity index (χ3n) is 4.48. The van der Waals surface area contributed by atoms with Gasteiger partial charge in [-0.05, 0) is 42.5 Å². The lowest BCUT2D eigenvalue weighted by atomic mass is 10.1. The van der Waals surface area contributed by atoms with E-state index in [-0.39, 0.29) is 12.5 Å². The van der Waals surface area contributed by atoms with Crippen LogP contribution in [0.5, 0.6) is 11.5 Å². The second-order valence-electron chi connectivity index (χ2n) is 6.49. The van der Waals surface area contributed by atoms with E-state index >= 15 is 0 Å². The first kappa shape index (κ1) is 21.0. The Morgan fingerprint density at radius 3 is 2.52 bits per heavy atom. The second kappa shape index (κ2) is 9.20. The predicted molar refractivity (Wildman–Crippen MR) is 113 cm³/mol. The van der Waals surface area contributed by atoms with Crippen LogP contribution in [-0.2, 0) is 20.2 Å². The molecule has 0 aliphatic rings. The van der Waals surface area contributed by atoms with E-state index in [0.717, 1.165) is 11.3 Å². The van der Waals surface area contributed by atoms with Crippen molar-refractivity contribution in [3.8, 4) is 11.5 Å². The SMILES string of the molecule is COc1ccc(C(=O)N(C)Cc2c(Cl)cnn2C)cc1COc1ccc(Cl)cc1. The molecule has 3 aromatic rings. The van der Waals surface area contributed by atoms with Gasteiger partial charge >= 0.3 is 0 Å². The number of rotatable bonds is 7. The van der Waals surface area contributed by atoms with Crippen molar-refractivity contribution in [1.29, 1.82) is 0 Å². The van der Waals surface area contributed by atoms with E-state index in [1.165, 1.54) is 0 Å². The number of carbonyl (C=O) groups excluding carboxylic acids is 1. The molecule has 0 aliphatic heterocycles. The second-order valence-corrected chi connectivity index (χ2v) is 7.34. The number of carbonyl (C=O) groups is 1. The third-order valence-corrected chi connectivity index (χ3v) is 5.05. The van der Waals surface area contributed by atoms with Gasteiger partial charge < -0.3 is 14.4 Å². The number of aromatic nitrogens is 2. The lowest BCUT2D eigenvalue weighted by Crippen LogP contribution is -2.27. The summed E-state index contributed by atoms with van der Waals surface area (Å²) in [5, 5.41) is 5.27. The summed E-state index contributed by atoms with van der Waals surface area (Å²) in [6.07, 6.45) is 1.56. The summed E-state index contributed by atoms with van der Waals surface area (Å²) in [6.45, 7) is 0.597. The molecule has 0 saturated carbocycles. The Labute approximate surface area is 179 Å². The first-order chi connectivity index (χ1) is 13.9. The standard InChI is InChI=1S/C21H21Cl2N3O3/c1-25(12-19-18(23)11-24-26(19)2)21(27)14-4-9-20(28-3)15(10-14)13-29-17-7-5-16(22)6-8-17/h4-11H,12-13H2,1-3H3. The Kier molecular flexibility index (Phi) is 6.67. The largest absolute Gasteiger partial charge is 0.496 e. The van der Waals surface area contributed by atoms with Crippen LogP contribution in [0.2, 0.25) is 10.0 Å². The number of aryl methyl sites for hydroxylation is 1. The number of nitrogens with zero attached hydrogens (tertiary/aromatic N) is 3. The van der Waals surface area contributed by atoms with Crippen LogP contribution in [0.1, 0.15) is 21.6 Å². The normalized spacial score (nSPS) is 10.7. The van der Waals surface area contributed by atoms with Crippen LogP contribution in [-0.4, -0.2) is 34.7 Å². The summed E-state index contributed by atoms with van der Waals surface area (Å²) in [7, 11) is 5.10. The summed E-state index contributed by atoms with van der Waals surface area (Å²) in [5.41, 5.74) is 2.06. The average Bonchev–Trinajstić information content (AvgIpc) is 3.04. The number of halogens is 2. The smallest absolute Gasteiger partial charge is 0.253 e. The minimum Gasteiger partial charge on any atom is -0.496 e. The molecule has 0 fully saturated rings. The number of amides is 1. The number of hydrogen-bond acceptors (Lipinski definition) is 4. The maximum absolute atomic E-state index is 12.9. The minimum atomic E-state index is -0.141. The molecule has 0 bridgehead atoms. The van der Waals surface area contributed by atoms with Crippen molar-refractivity contribution in [2.24, 2.45) is 7.05 Å². The molecule has 152 valence electrons. The van der Waals surface area contributed by atoms with Gasteiger partial charge in [0, 0.05) is 30.2 Å². The maximum Gasteiger partial charge on any atom is 0.253 e. The summed E-state index contributed by atoms with van der Waals surface area (Å²) >= 11 is 12.1. The highest BCUT2D eigenvalue weighted by atomic mass is 35.5. The number of hydrogen-bond donors (Lipinski definition) is 0. The molecule has 0 saturated heterocycles. The summed E-state index contributed by atoms with van der Waals surface area (Å²) in [5.74, 6) is 1.18. The van der Waals surface area contributed by atoms with Crippen LogP contribution in [0.15, 0.2) is 48.7 Å². The van der Waals surface area contributed by atoms with Crippen molar-refractivity contribution in [2.45, 2.75) is 13.2 Å². The Morgan fingerprint density at radius 1 is 1.17 bits per heavy atom. The van der Waals surface area contributed by atoms with Crippen LogP contribution in [0.4, 0.5) is 0 Å². The van der Waals surface area contributed by atoms with E-state index in [4.69, 9.17) is 32.7 Å². The van der Waals surface area contributed by atoms with Gasteiger partial charge in [0.05, 0.1) is 30.6 Å². The molecule has 0 N–H and O–H groups in total. The van der Waals surface area contributed by atoms with Crippen LogP contribution in [0, 0.1) is 0 Å². The van der Waals surface area contributed by atoms with Crippen molar-refractivity contribution < 1.29 is 14.3 Å². The van der Waals surface area contributed by atoms with Crippen molar-refractivity contribution in [2.75, 3.05) is 14.2 Å². The first-order valence-electron chi connectivity index (χ1n) is 8.86. The molecule has 3 rings (SSSR count). The van der Waals surface area contributed by atoms with Crippen LogP contribution >= 0.6 is 23.2 Å². The van der Waals surface area contributed by atoms with Gasteiger partial charge in [0.15, 0.2) is 0 Å². The summed E-state index contributed by atoms with van der Waals surface area (Å²) < 4.78 is 12.9. The summed E-state index contributed by atoms with van der Waals surface area (Å²) in [6, 6.07) is 12.4. The highest BCUT2D eigenvalue weighted by Gasteiger charge is 2.17. The Morgan fingerprint density at radius 2 is 1.90 bits per heavy atom. The minimum absolute atomic E-state index is 0.141. The molecule has 0 spiro atoms. The van der Waals surface area contributed by atoms with E-state index in [2.05, 4.69) is 5.10 Å². The Hall–Kier alpha value is -2.70. The molecule has 0 aliphatic carbocycles. The fourth-order valence-corrected chi connectivity index (χ4v) is 3.20. The van der Waals surface area contributed by atoms with Crippen LogP contribution in [0.25, 0.3) is 0 Å². The van der Waals surface area contributed by atoms with Gasteiger partial charge in [0.2, 0.25) is 0 Å². The molecule has 2 aromatic carbocycles. The maximum atomic E-state index is 12.9. The van der Waals surface area contributed by atoms with E-state index in [1.807, 2.05) is 0 Å². The van der Waals surface area contributed by atoms with E-state index in [9.17, 15) is 4.79 Å². The van der Waals surface area contributed by atoms with E-state index in [1.54, 1.807) is 79.4 Å². The third kappa shape index (κ3) is 5.02. The molecule has 1 aromatic heterocycles. The molecule has 8 heteroatoms. The van der Waals surface area contributed by atoms with Gasteiger partial charge in [-0.1, -0.05) is 23.2 Å². The highest BCUT2D eigenvalue weighted by molar-refractivity contribution is 6.31. The fourth-order valence-electron chi connectivity index (χ4n) is 2.85. The van der Waals surface area contributed by atoms with Crippen molar-refractivity contribution in [3.05, 3.63) is 75.5 Å². The number of methoxy groups -OCH3 is 1. The zero-order valence-corrected chi connectivity index (χ0v) is 17.9. The van der Waals surface area contributed by atoms with Gasteiger partial charge in [-0.3, -0.25) is 9.48 Å². The molecule has 6 nitrogen and oxygen atoms in total. The molecular formula is C21H21Cl2N3O3. The van der Waals surface area contributed by atoms with Crippen molar-refractivity contribution in [3.63, 3.8) is 0 Å². The molecule has 0 radical (unpaired) electrons. The molecule has 1 amide bonds. The topological polar surface area (TPSA) is 56.6 Å². The molecule has 0 atom stereocenters. The Bertz CT molecular complexity index is 983. The lowest BCUT2D eigenvalue weighted by molar-refractivity contribution is 0.0782. The molecule has 0 unspecified atom stereocenters. The Balaban J connectivity index is 1.76. The van der Waals surface area contributed by atoms with Gasteiger partial charge in [-0.25, -0.2) is 0 Å². The van der Waals surface area contributed by atoms with Gasteiger partial charge in [0.25, 0.3) is 5.91 Å². The van der Waals surface area contributed by atoms with Crippen LogP contribution in [0.3, 0.4) is 0 Å². The molecule has 1 heterocycles. The first-order valence-corrected chi connectivity index (χ1v) is 9.61. The number of ether oxygens (including phenoxy) is 2. The molecular weight excluding hydrogens is 413 g/mol. The zero-order valence-electron chi connectivity index (χ0n) is 16.4. The lowest BCUT2D eigenvalue weighted by Gasteiger charge is -2.19. The van der Waals surface area contributed by atoms with E-state index < -0.39 is 0 Å². The fraction of sp³-hybridized carbons (Fsp3) is 0.238. The van der Waals surface area contributed by atoms with E-state index in [0.29, 0.717) is 33.7 Å². The zero-order chi connectivity index (χ0) is 21.0. The monoisotopic (exact) mass is 433 g/mol.